The Hall–Kier alpha value is -1.54. The molecule has 1 saturated carbocycles. The standard InChI is InChI=1S/C18H24N2/c1-13-4-5-14(2)17(10-13)12-20-9-8-16(11-20)18(19-3)15-6-7-15/h4-5,8-11,15,18-19H,6-7,12H2,1-3H3. The van der Waals surface area contributed by atoms with Gasteiger partial charge in [0.25, 0.3) is 0 Å². The summed E-state index contributed by atoms with van der Waals surface area (Å²) in [5.74, 6) is 0.844. The average molecular weight is 268 g/mol. The molecule has 20 heavy (non-hydrogen) atoms. The van der Waals surface area contributed by atoms with Crippen molar-refractivity contribution >= 4 is 0 Å². The molecular weight excluding hydrogens is 244 g/mol. The summed E-state index contributed by atoms with van der Waals surface area (Å²) in [4.78, 5) is 0. The lowest BCUT2D eigenvalue weighted by Crippen LogP contribution is -2.17. The summed E-state index contributed by atoms with van der Waals surface area (Å²) < 4.78 is 2.31. The Morgan fingerprint density at radius 1 is 1.25 bits per heavy atom. The molecule has 2 heteroatoms. The molecule has 106 valence electrons. The Labute approximate surface area is 121 Å². The van der Waals surface area contributed by atoms with Crippen LogP contribution >= 0.6 is 0 Å². The zero-order valence-electron chi connectivity index (χ0n) is 12.7. The Bertz CT molecular complexity index is 593. The van der Waals surface area contributed by atoms with Gasteiger partial charge in [-0.3, -0.25) is 0 Å². The van der Waals surface area contributed by atoms with E-state index in [9.17, 15) is 0 Å². The minimum atomic E-state index is 0.537. The first-order valence-corrected chi connectivity index (χ1v) is 7.56. The first kappa shape index (κ1) is 13.4. The van der Waals surface area contributed by atoms with E-state index in [2.05, 4.69) is 67.4 Å². The number of aromatic nitrogens is 1. The number of rotatable bonds is 5. The molecule has 1 fully saturated rings. The molecule has 0 aliphatic heterocycles. The van der Waals surface area contributed by atoms with Gasteiger partial charge in [-0.2, -0.15) is 0 Å². The molecule has 0 radical (unpaired) electrons. The molecule has 0 bridgehead atoms. The summed E-state index contributed by atoms with van der Waals surface area (Å²) in [6, 6.07) is 9.50. The van der Waals surface area contributed by atoms with E-state index in [1.165, 1.54) is 35.1 Å². The minimum Gasteiger partial charge on any atom is -0.350 e. The Morgan fingerprint density at radius 3 is 2.75 bits per heavy atom. The van der Waals surface area contributed by atoms with E-state index in [0.29, 0.717) is 6.04 Å². The molecular formula is C18H24N2. The SMILES string of the molecule is CNC(c1ccn(Cc2cc(C)ccc2C)c1)C1CC1. The molecule has 2 nitrogen and oxygen atoms in total. The topological polar surface area (TPSA) is 17.0 Å². The van der Waals surface area contributed by atoms with Crippen molar-refractivity contribution < 1.29 is 0 Å². The molecule has 0 spiro atoms. The van der Waals surface area contributed by atoms with Crippen molar-refractivity contribution in [1.29, 1.82) is 0 Å². The van der Waals surface area contributed by atoms with Crippen LogP contribution in [0, 0.1) is 19.8 Å². The molecule has 1 aliphatic carbocycles. The molecule has 1 heterocycles. The molecule has 1 aromatic heterocycles. The fraction of sp³-hybridized carbons (Fsp3) is 0.444. The van der Waals surface area contributed by atoms with E-state index in [-0.39, 0.29) is 0 Å². The third-order valence-corrected chi connectivity index (χ3v) is 4.39. The zero-order valence-corrected chi connectivity index (χ0v) is 12.7. The summed E-state index contributed by atoms with van der Waals surface area (Å²) in [6.07, 6.45) is 7.26. The second kappa shape index (κ2) is 5.45. The van der Waals surface area contributed by atoms with Crippen molar-refractivity contribution in [3.63, 3.8) is 0 Å². The summed E-state index contributed by atoms with van der Waals surface area (Å²) in [5, 5.41) is 3.46. The van der Waals surface area contributed by atoms with Gasteiger partial charge in [-0.15, -0.1) is 0 Å². The highest BCUT2D eigenvalue weighted by molar-refractivity contribution is 5.31. The third-order valence-electron chi connectivity index (χ3n) is 4.39. The Kier molecular flexibility index (Phi) is 3.66. The van der Waals surface area contributed by atoms with E-state index < -0.39 is 0 Å². The number of aryl methyl sites for hydroxylation is 2. The first-order chi connectivity index (χ1) is 9.67. The Balaban J connectivity index is 1.78. The highest BCUT2D eigenvalue weighted by Gasteiger charge is 2.31. The van der Waals surface area contributed by atoms with Gasteiger partial charge >= 0.3 is 0 Å². The largest absolute Gasteiger partial charge is 0.350 e. The summed E-state index contributed by atoms with van der Waals surface area (Å²) in [6.45, 7) is 5.32. The maximum atomic E-state index is 3.46. The predicted molar refractivity (Wildman–Crippen MR) is 84.0 cm³/mol. The van der Waals surface area contributed by atoms with E-state index in [0.717, 1.165) is 12.5 Å². The van der Waals surface area contributed by atoms with Crippen LogP contribution in [0.25, 0.3) is 0 Å². The molecule has 1 atom stereocenters. The van der Waals surface area contributed by atoms with Crippen molar-refractivity contribution in [3.05, 3.63) is 58.9 Å². The highest BCUT2D eigenvalue weighted by atomic mass is 15.0. The molecule has 1 aromatic carbocycles. The van der Waals surface area contributed by atoms with Crippen molar-refractivity contribution in [2.24, 2.45) is 5.92 Å². The predicted octanol–water partition coefficient (Wildman–Crippen LogP) is 3.82. The smallest absolute Gasteiger partial charge is 0.0473 e. The van der Waals surface area contributed by atoms with Crippen LogP contribution < -0.4 is 5.32 Å². The van der Waals surface area contributed by atoms with Crippen LogP contribution in [0.2, 0.25) is 0 Å². The Morgan fingerprint density at radius 2 is 2.05 bits per heavy atom. The number of nitrogens with zero attached hydrogens (tertiary/aromatic N) is 1. The lowest BCUT2D eigenvalue weighted by Gasteiger charge is -2.13. The van der Waals surface area contributed by atoms with Crippen molar-refractivity contribution in [3.8, 4) is 0 Å². The van der Waals surface area contributed by atoms with Gasteiger partial charge < -0.3 is 9.88 Å². The molecule has 1 N–H and O–H groups in total. The second-order valence-corrected chi connectivity index (χ2v) is 6.15. The molecule has 0 amide bonds. The zero-order chi connectivity index (χ0) is 14.1. The van der Waals surface area contributed by atoms with E-state index in [1.807, 2.05) is 0 Å². The number of hydrogen-bond acceptors (Lipinski definition) is 1. The van der Waals surface area contributed by atoms with Crippen molar-refractivity contribution in [2.75, 3.05) is 7.05 Å². The highest BCUT2D eigenvalue weighted by Crippen LogP contribution is 2.40. The lowest BCUT2D eigenvalue weighted by molar-refractivity contribution is 0.528. The monoisotopic (exact) mass is 268 g/mol. The lowest BCUT2D eigenvalue weighted by atomic mass is 10.1. The van der Waals surface area contributed by atoms with Gasteiger partial charge in [-0.25, -0.2) is 0 Å². The van der Waals surface area contributed by atoms with Gasteiger partial charge in [0.2, 0.25) is 0 Å². The van der Waals surface area contributed by atoms with Gasteiger partial charge in [0.1, 0.15) is 0 Å². The van der Waals surface area contributed by atoms with E-state index in [4.69, 9.17) is 0 Å². The van der Waals surface area contributed by atoms with E-state index >= 15 is 0 Å². The maximum absolute atomic E-state index is 3.46. The van der Waals surface area contributed by atoms with Gasteiger partial charge in [-0.05, 0) is 62.4 Å². The number of hydrogen-bond donors (Lipinski definition) is 1. The normalized spacial score (nSPS) is 16.4. The summed E-state index contributed by atoms with van der Waals surface area (Å²) in [5.41, 5.74) is 5.56. The minimum absolute atomic E-state index is 0.537. The number of nitrogens with one attached hydrogen (secondary N) is 1. The van der Waals surface area contributed by atoms with Crippen molar-refractivity contribution in [1.82, 2.24) is 9.88 Å². The molecule has 1 aliphatic rings. The second-order valence-electron chi connectivity index (χ2n) is 6.15. The van der Waals surface area contributed by atoms with Gasteiger partial charge in [0, 0.05) is 25.0 Å². The number of benzene rings is 1. The van der Waals surface area contributed by atoms with Crippen molar-refractivity contribution in [2.45, 2.75) is 39.3 Å². The van der Waals surface area contributed by atoms with Gasteiger partial charge in [0.05, 0.1) is 0 Å². The quantitative estimate of drug-likeness (QED) is 0.872. The average Bonchev–Trinajstić information content (AvgIpc) is 3.15. The fourth-order valence-electron chi connectivity index (χ4n) is 3.01. The molecule has 0 saturated heterocycles. The van der Waals surface area contributed by atoms with Crippen LogP contribution in [-0.4, -0.2) is 11.6 Å². The van der Waals surface area contributed by atoms with Crippen LogP contribution in [0.3, 0.4) is 0 Å². The van der Waals surface area contributed by atoms with Crippen LogP contribution in [-0.2, 0) is 6.54 Å². The summed E-state index contributed by atoms with van der Waals surface area (Å²) in [7, 11) is 2.07. The fourth-order valence-corrected chi connectivity index (χ4v) is 3.01. The van der Waals surface area contributed by atoms with Crippen LogP contribution in [0.5, 0.6) is 0 Å². The van der Waals surface area contributed by atoms with E-state index in [1.54, 1.807) is 0 Å². The first-order valence-electron chi connectivity index (χ1n) is 7.56. The molecule has 1 unspecified atom stereocenters. The van der Waals surface area contributed by atoms with Gasteiger partial charge in [-0.1, -0.05) is 23.8 Å². The molecule has 3 rings (SSSR count). The molecule has 2 aromatic rings. The van der Waals surface area contributed by atoms with Crippen LogP contribution in [0.15, 0.2) is 36.7 Å². The van der Waals surface area contributed by atoms with Gasteiger partial charge in [0.15, 0.2) is 0 Å². The maximum Gasteiger partial charge on any atom is 0.0473 e. The van der Waals surface area contributed by atoms with Crippen LogP contribution in [0.1, 0.15) is 41.1 Å². The van der Waals surface area contributed by atoms with Crippen LogP contribution in [0.4, 0.5) is 0 Å². The third kappa shape index (κ3) is 2.80. The summed E-state index contributed by atoms with van der Waals surface area (Å²) >= 11 is 0.